The van der Waals surface area contributed by atoms with E-state index in [4.69, 9.17) is 0 Å². The number of hydrogen-bond acceptors (Lipinski definition) is 3. The van der Waals surface area contributed by atoms with Gasteiger partial charge in [0.25, 0.3) is 5.91 Å². The van der Waals surface area contributed by atoms with E-state index >= 15 is 0 Å². The molecule has 1 aliphatic heterocycles. The van der Waals surface area contributed by atoms with Crippen molar-refractivity contribution < 1.29 is 4.79 Å². The van der Waals surface area contributed by atoms with Gasteiger partial charge in [-0.3, -0.25) is 4.79 Å². The van der Waals surface area contributed by atoms with Crippen LogP contribution >= 0.6 is 11.3 Å². The molecule has 0 atom stereocenters. The zero-order valence-electron chi connectivity index (χ0n) is 14.3. The Morgan fingerprint density at radius 3 is 2.74 bits per heavy atom. The van der Waals surface area contributed by atoms with Gasteiger partial charge in [0.15, 0.2) is 0 Å². The van der Waals surface area contributed by atoms with E-state index in [-0.39, 0.29) is 5.91 Å². The number of aromatic nitrogens is 1. The average molecular weight is 334 g/mol. The summed E-state index contributed by atoms with van der Waals surface area (Å²) in [5, 5.41) is 4.23. The maximum atomic E-state index is 12.3. The molecule has 0 aliphatic carbocycles. The van der Waals surface area contributed by atoms with E-state index in [0.717, 1.165) is 23.9 Å². The van der Waals surface area contributed by atoms with Gasteiger partial charge in [0.05, 0.1) is 9.58 Å². The predicted octanol–water partition coefficient (Wildman–Crippen LogP) is 3.75. The molecule has 0 bridgehead atoms. The lowest BCUT2D eigenvalue weighted by Crippen LogP contribution is -2.39. The van der Waals surface area contributed by atoms with Gasteiger partial charge in [-0.15, -0.1) is 11.3 Å². The van der Waals surface area contributed by atoms with E-state index in [9.17, 15) is 4.79 Å². The van der Waals surface area contributed by atoms with Crippen LogP contribution in [0.25, 0.3) is 10.1 Å². The summed E-state index contributed by atoms with van der Waals surface area (Å²) in [7, 11) is 0. The van der Waals surface area contributed by atoms with E-state index in [1.807, 2.05) is 6.07 Å². The summed E-state index contributed by atoms with van der Waals surface area (Å²) < 4.78 is 3.38. The summed E-state index contributed by atoms with van der Waals surface area (Å²) in [5.41, 5.74) is 0. The summed E-state index contributed by atoms with van der Waals surface area (Å²) >= 11 is 1.58. The number of amides is 1. The normalized spacial score (nSPS) is 17.2. The van der Waals surface area contributed by atoms with Gasteiger partial charge in [0, 0.05) is 36.9 Å². The Balaban J connectivity index is 1.51. The van der Waals surface area contributed by atoms with Crippen molar-refractivity contribution in [2.45, 2.75) is 39.7 Å². The SMILES string of the molecule is CC1CCN(CCNC(=O)c2cc3cn(C(C)C)cc3s2)CC1. The topological polar surface area (TPSA) is 37.3 Å². The van der Waals surface area contributed by atoms with Crippen LogP contribution in [0.5, 0.6) is 0 Å². The van der Waals surface area contributed by atoms with Gasteiger partial charge in [-0.2, -0.15) is 0 Å². The van der Waals surface area contributed by atoms with Gasteiger partial charge in [-0.1, -0.05) is 6.92 Å². The van der Waals surface area contributed by atoms with Gasteiger partial charge >= 0.3 is 0 Å². The number of carbonyl (C=O) groups is 1. The van der Waals surface area contributed by atoms with Crippen LogP contribution in [0.3, 0.4) is 0 Å². The summed E-state index contributed by atoms with van der Waals surface area (Å²) in [6.07, 6.45) is 6.83. The fourth-order valence-electron chi connectivity index (χ4n) is 3.06. The molecular weight excluding hydrogens is 306 g/mol. The van der Waals surface area contributed by atoms with Crippen LogP contribution in [-0.2, 0) is 0 Å². The first-order valence-electron chi connectivity index (χ1n) is 8.64. The molecule has 1 fully saturated rings. The van der Waals surface area contributed by atoms with Crippen molar-refractivity contribution in [1.82, 2.24) is 14.8 Å². The van der Waals surface area contributed by atoms with Gasteiger partial charge < -0.3 is 14.8 Å². The van der Waals surface area contributed by atoms with E-state index < -0.39 is 0 Å². The highest BCUT2D eigenvalue weighted by atomic mass is 32.1. The Morgan fingerprint density at radius 2 is 2.09 bits per heavy atom. The number of hydrogen-bond donors (Lipinski definition) is 1. The molecule has 2 aromatic rings. The molecule has 23 heavy (non-hydrogen) atoms. The summed E-state index contributed by atoms with van der Waals surface area (Å²) in [4.78, 5) is 15.6. The number of piperidine rings is 1. The number of nitrogens with zero attached hydrogens (tertiary/aromatic N) is 2. The Labute approximate surface area is 142 Å². The molecule has 0 unspecified atom stereocenters. The highest BCUT2D eigenvalue weighted by Crippen LogP contribution is 2.28. The molecule has 0 saturated carbocycles. The van der Waals surface area contributed by atoms with Crippen LogP contribution < -0.4 is 5.32 Å². The first-order valence-corrected chi connectivity index (χ1v) is 9.46. The third-order valence-corrected chi connectivity index (χ3v) is 5.84. The highest BCUT2D eigenvalue weighted by molar-refractivity contribution is 7.20. The zero-order valence-corrected chi connectivity index (χ0v) is 15.2. The molecular formula is C18H27N3OS. The number of fused-ring (bicyclic) bond motifs is 1. The minimum Gasteiger partial charge on any atom is -0.350 e. The summed E-state index contributed by atoms with van der Waals surface area (Å²) in [5.74, 6) is 0.917. The molecule has 3 heterocycles. The number of nitrogens with one attached hydrogen (secondary N) is 1. The number of carbonyl (C=O) groups excluding carboxylic acids is 1. The summed E-state index contributed by atoms with van der Waals surface area (Å²) in [6, 6.07) is 2.47. The largest absolute Gasteiger partial charge is 0.350 e. The predicted molar refractivity (Wildman–Crippen MR) is 97.4 cm³/mol. The van der Waals surface area contributed by atoms with Gasteiger partial charge in [0.1, 0.15) is 0 Å². The second-order valence-corrected chi connectivity index (χ2v) is 8.09. The molecule has 1 N–H and O–H groups in total. The van der Waals surface area contributed by atoms with Crippen LogP contribution in [0.4, 0.5) is 0 Å². The van der Waals surface area contributed by atoms with Crippen molar-refractivity contribution in [2.75, 3.05) is 26.2 Å². The van der Waals surface area contributed by atoms with Crippen molar-refractivity contribution in [2.24, 2.45) is 5.92 Å². The Hall–Kier alpha value is -1.33. The molecule has 4 nitrogen and oxygen atoms in total. The quantitative estimate of drug-likeness (QED) is 0.905. The first kappa shape index (κ1) is 16.5. The van der Waals surface area contributed by atoms with Gasteiger partial charge in [-0.25, -0.2) is 0 Å². The fourth-order valence-corrected chi connectivity index (χ4v) is 4.06. The molecule has 1 saturated heterocycles. The molecule has 1 amide bonds. The van der Waals surface area contributed by atoms with E-state index in [1.165, 1.54) is 36.0 Å². The molecule has 0 radical (unpaired) electrons. The van der Waals surface area contributed by atoms with Crippen molar-refractivity contribution in [3.8, 4) is 0 Å². The van der Waals surface area contributed by atoms with E-state index in [0.29, 0.717) is 6.04 Å². The number of likely N-dealkylation sites (tertiary alicyclic amines) is 1. The van der Waals surface area contributed by atoms with E-state index in [1.54, 1.807) is 11.3 Å². The summed E-state index contributed by atoms with van der Waals surface area (Å²) in [6.45, 7) is 10.7. The molecule has 0 aromatic carbocycles. The smallest absolute Gasteiger partial charge is 0.261 e. The van der Waals surface area contributed by atoms with Crippen LogP contribution in [0.1, 0.15) is 49.3 Å². The van der Waals surface area contributed by atoms with Crippen LogP contribution in [0.15, 0.2) is 18.5 Å². The molecule has 1 aliphatic rings. The Kier molecular flexibility index (Phi) is 5.07. The highest BCUT2D eigenvalue weighted by Gasteiger charge is 2.16. The first-order chi connectivity index (χ1) is 11.0. The number of thiophene rings is 1. The Bertz CT molecular complexity index is 633. The minimum absolute atomic E-state index is 0.0627. The lowest BCUT2D eigenvalue weighted by molar-refractivity contribution is 0.0948. The zero-order chi connectivity index (χ0) is 16.4. The minimum atomic E-state index is 0.0627. The standard InChI is InChI=1S/C18H27N3OS/c1-13(2)21-11-15-10-16(23-17(15)12-21)18(22)19-6-9-20-7-4-14(3)5-8-20/h10-14H,4-9H2,1-3H3,(H,19,22). The second kappa shape index (κ2) is 7.05. The molecule has 5 heteroatoms. The lowest BCUT2D eigenvalue weighted by atomic mass is 9.99. The fraction of sp³-hybridized carbons (Fsp3) is 0.611. The maximum absolute atomic E-state index is 12.3. The lowest BCUT2D eigenvalue weighted by Gasteiger charge is -2.30. The van der Waals surface area contributed by atoms with Crippen molar-refractivity contribution in [1.29, 1.82) is 0 Å². The average Bonchev–Trinajstić information content (AvgIpc) is 3.08. The Morgan fingerprint density at radius 1 is 1.35 bits per heavy atom. The van der Waals surface area contributed by atoms with Crippen LogP contribution in [0, 0.1) is 5.92 Å². The molecule has 126 valence electrons. The maximum Gasteiger partial charge on any atom is 0.261 e. The molecule has 0 spiro atoms. The monoisotopic (exact) mass is 333 g/mol. The second-order valence-electron chi connectivity index (χ2n) is 7.01. The molecule has 2 aromatic heterocycles. The third kappa shape index (κ3) is 3.96. The van der Waals surface area contributed by atoms with Crippen molar-refractivity contribution in [3.63, 3.8) is 0 Å². The molecule has 3 rings (SSSR count). The van der Waals surface area contributed by atoms with Crippen LogP contribution in [-0.4, -0.2) is 41.6 Å². The van der Waals surface area contributed by atoms with Gasteiger partial charge in [-0.05, 0) is 51.8 Å². The van der Waals surface area contributed by atoms with Crippen molar-refractivity contribution >= 4 is 27.3 Å². The number of rotatable bonds is 5. The van der Waals surface area contributed by atoms with Crippen LogP contribution in [0.2, 0.25) is 0 Å². The van der Waals surface area contributed by atoms with E-state index in [2.05, 4.69) is 47.9 Å². The van der Waals surface area contributed by atoms with Crippen molar-refractivity contribution in [3.05, 3.63) is 23.3 Å². The van der Waals surface area contributed by atoms with Gasteiger partial charge in [0.2, 0.25) is 0 Å². The third-order valence-electron chi connectivity index (χ3n) is 4.76.